The Morgan fingerprint density at radius 2 is 1.83 bits per heavy atom. The molecule has 6 unspecified atom stereocenters. The van der Waals surface area contributed by atoms with Gasteiger partial charge in [-0.15, -0.1) is 0 Å². The van der Waals surface area contributed by atoms with Crippen LogP contribution >= 0.6 is 0 Å². The fourth-order valence-corrected chi connectivity index (χ4v) is 7.54. The predicted molar refractivity (Wildman–Crippen MR) is 127 cm³/mol. The first-order chi connectivity index (χ1) is 14.4. The number of hydrogen-bond acceptors (Lipinski definition) is 4. The molecule has 0 aromatic carbocycles. The Labute approximate surface area is 184 Å². The summed E-state index contributed by atoms with van der Waals surface area (Å²) in [6, 6.07) is 0. The van der Waals surface area contributed by atoms with Crippen LogP contribution in [-0.2, 0) is 4.79 Å². The van der Waals surface area contributed by atoms with E-state index in [1.165, 1.54) is 38.5 Å². The molecule has 3 aliphatic carbocycles. The van der Waals surface area contributed by atoms with Gasteiger partial charge in [-0.2, -0.15) is 15.3 Å². The van der Waals surface area contributed by atoms with Gasteiger partial charge in [0.2, 0.25) is 0 Å². The zero-order chi connectivity index (χ0) is 21.9. The van der Waals surface area contributed by atoms with Crippen molar-refractivity contribution >= 4 is 18.2 Å². The smallest absolute Gasteiger partial charge is 0.159 e. The van der Waals surface area contributed by atoms with Crippen molar-refractivity contribution in [3.8, 4) is 0 Å². The first kappa shape index (κ1) is 23.2. The Kier molecular flexibility index (Phi) is 7.24. The summed E-state index contributed by atoms with van der Waals surface area (Å²) in [6.07, 6.45) is 15.8. The van der Waals surface area contributed by atoms with Crippen LogP contribution in [0.5, 0.6) is 0 Å². The molecule has 0 radical (unpaired) electrons. The van der Waals surface area contributed by atoms with E-state index in [0.29, 0.717) is 23.0 Å². The van der Waals surface area contributed by atoms with Gasteiger partial charge in [-0.25, -0.2) is 0 Å². The van der Waals surface area contributed by atoms with Crippen LogP contribution in [-0.4, -0.2) is 29.9 Å². The molecule has 0 amide bonds. The Morgan fingerprint density at radius 1 is 1.13 bits per heavy atom. The Bertz CT molecular complexity index is 699. The van der Waals surface area contributed by atoms with E-state index in [-0.39, 0.29) is 17.9 Å². The van der Waals surface area contributed by atoms with Gasteiger partial charge in [0, 0.05) is 18.3 Å². The summed E-state index contributed by atoms with van der Waals surface area (Å²) in [7, 11) is 0. The van der Waals surface area contributed by atoms with Crippen molar-refractivity contribution in [2.24, 2.45) is 44.7 Å². The minimum Gasteiger partial charge on any atom is -0.297 e. The van der Waals surface area contributed by atoms with Gasteiger partial charge in [0.25, 0.3) is 0 Å². The molecule has 0 N–H and O–H groups in total. The van der Waals surface area contributed by atoms with Crippen LogP contribution in [0.1, 0.15) is 92.9 Å². The van der Waals surface area contributed by atoms with Crippen molar-refractivity contribution in [3.63, 3.8) is 0 Å². The average Bonchev–Trinajstić information content (AvgIpc) is 3.06. The summed E-state index contributed by atoms with van der Waals surface area (Å²) in [4.78, 5) is 13.3. The minimum absolute atomic E-state index is 0.0922. The number of hydrazone groups is 2. The van der Waals surface area contributed by atoms with E-state index < -0.39 is 0 Å². The molecule has 0 saturated heterocycles. The predicted octanol–water partition coefficient (Wildman–Crippen LogP) is 6.47. The van der Waals surface area contributed by atoms with E-state index in [2.05, 4.69) is 44.0 Å². The Morgan fingerprint density at radius 3 is 2.43 bits per heavy atom. The van der Waals surface area contributed by atoms with Crippen molar-refractivity contribution < 1.29 is 4.79 Å². The highest BCUT2D eigenvalue weighted by atomic mass is 16.1. The van der Waals surface area contributed by atoms with Gasteiger partial charge in [-0.05, 0) is 81.0 Å². The van der Waals surface area contributed by atoms with E-state index in [1.54, 1.807) is 23.1 Å². The summed E-state index contributed by atoms with van der Waals surface area (Å²) < 4.78 is 0. The summed E-state index contributed by atoms with van der Waals surface area (Å²) in [5.74, 6) is 2.59. The van der Waals surface area contributed by atoms with Crippen LogP contribution in [0.3, 0.4) is 0 Å². The maximum atomic E-state index is 13.3. The topological polar surface area (TPSA) is 45.0 Å². The Hall–Kier alpha value is -1.45. The molecule has 4 heteroatoms. The zero-order valence-corrected chi connectivity index (χ0v) is 20.2. The minimum atomic E-state index is 0.0922. The lowest BCUT2D eigenvalue weighted by Crippen LogP contribution is -2.47. The zero-order valence-electron chi connectivity index (χ0n) is 20.2. The summed E-state index contributed by atoms with van der Waals surface area (Å²) in [6.45, 7) is 13.7. The van der Waals surface area contributed by atoms with Crippen LogP contribution in [0.4, 0.5) is 0 Å². The van der Waals surface area contributed by atoms with Crippen molar-refractivity contribution in [2.75, 3.05) is 6.54 Å². The molecule has 2 fully saturated rings. The van der Waals surface area contributed by atoms with Crippen molar-refractivity contribution in [1.29, 1.82) is 0 Å². The average molecular weight is 414 g/mol. The van der Waals surface area contributed by atoms with Crippen LogP contribution in [0.15, 0.2) is 21.9 Å². The fraction of sp³-hybridized carbons (Fsp3) is 0.808. The van der Waals surface area contributed by atoms with Gasteiger partial charge >= 0.3 is 0 Å². The molecule has 6 atom stereocenters. The molecular formula is C26H43N3O. The van der Waals surface area contributed by atoms with E-state index >= 15 is 0 Å². The highest BCUT2D eigenvalue weighted by Gasteiger charge is 2.57. The van der Waals surface area contributed by atoms with E-state index in [9.17, 15) is 4.79 Å². The number of nitrogens with zero attached hydrogens (tertiary/aromatic N) is 3. The monoisotopic (exact) mass is 413 g/mol. The molecule has 2 saturated carbocycles. The molecular weight excluding hydrogens is 370 g/mol. The number of carbonyl (C=O) groups excluding carboxylic acids is 1. The molecule has 168 valence electrons. The molecule has 0 aromatic heterocycles. The van der Waals surface area contributed by atoms with Crippen LogP contribution < -0.4 is 0 Å². The van der Waals surface area contributed by atoms with Crippen molar-refractivity contribution in [2.45, 2.75) is 92.9 Å². The lowest BCUT2D eigenvalue weighted by atomic mass is 9.50. The molecule has 0 aromatic rings. The van der Waals surface area contributed by atoms with Gasteiger partial charge < -0.3 is 0 Å². The van der Waals surface area contributed by atoms with Crippen molar-refractivity contribution in [3.05, 3.63) is 11.6 Å². The van der Waals surface area contributed by atoms with Gasteiger partial charge in [0.05, 0.1) is 0 Å². The summed E-state index contributed by atoms with van der Waals surface area (Å²) in [5, 5.41) is 10.1. The lowest BCUT2D eigenvalue weighted by molar-refractivity contribution is -0.128. The number of fused-ring (bicyclic) bond motifs is 3. The number of Topliss-reactive ketones (excluding diaryl/α,β-unsaturated/α-hetero) is 1. The number of hydrogen-bond donors (Lipinski definition) is 0. The maximum absolute atomic E-state index is 13.3. The molecule has 3 rings (SSSR count). The van der Waals surface area contributed by atoms with Crippen LogP contribution in [0, 0.1) is 34.5 Å². The van der Waals surface area contributed by atoms with Crippen molar-refractivity contribution in [1.82, 2.24) is 5.12 Å². The summed E-state index contributed by atoms with van der Waals surface area (Å²) in [5.41, 5.74) is 2.21. The molecule has 4 nitrogen and oxygen atoms in total. The highest BCUT2D eigenvalue weighted by Crippen LogP contribution is 2.64. The van der Waals surface area contributed by atoms with E-state index in [4.69, 9.17) is 0 Å². The van der Waals surface area contributed by atoms with Crippen LogP contribution in [0.2, 0.25) is 0 Å². The van der Waals surface area contributed by atoms with Gasteiger partial charge in [0.15, 0.2) is 5.78 Å². The molecule has 0 heterocycles. The molecule has 0 spiro atoms. The molecule has 30 heavy (non-hydrogen) atoms. The third kappa shape index (κ3) is 3.91. The Balaban J connectivity index is 1.85. The SMILES string of the molecule is C/C=N\N(CC(=O)C1CCC2C3CCC(CC)C(C)(CCC)C3=CCC12C)/N=C\C. The third-order valence-corrected chi connectivity index (χ3v) is 8.89. The number of carbonyl (C=O) groups is 1. The quantitative estimate of drug-likeness (QED) is 0.260. The fourth-order valence-electron chi connectivity index (χ4n) is 7.54. The van der Waals surface area contributed by atoms with E-state index in [1.807, 2.05) is 13.8 Å². The summed E-state index contributed by atoms with van der Waals surface area (Å²) >= 11 is 0. The van der Waals surface area contributed by atoms with E-state index in [0.717, 1.165) is 18.8 Å². The van der Waals surface area contributed by atoms with Crippen LogP contribution in [0.25, 0.3) is 0 Å². The largest absolute Gasteiger partial charge is 0.297 e. The first-order valence-electron chi connectivity index (χ1n) is 12.3. The van der Waals surface area contributed by atoms with Gasteiger partial charge in [0.1, 0.15) is 6.54 Å². The number of ketones is 1. The second kappa shape index (κ2) is 9.36. The molecule has 3 aliphatic rings. The number of allylic oxidation sites excluding steroid dienone is 2. The normalized spacial score (nSPS) is 38.5. The van der Waals surface area contributed by atoms with Gasteiger partial charge in [-0.3, -0.25) is 4.79 Å². The maximum Gasteiger partial charge on any atom is 0.159 e. The second-order valence-electron chi connectivity index (χ2n) is 10.3. The lowest BCUT2D eigenvalue weighted by Gasteiger charge is -2.54. The van der Waals surface area contributed by atoms with Gasteiger partial charge in [-0.1, -0.05) is 52.2 Å². The number of rotatable bonds is 8. The molecule has 0 aliphatic heterocycles. The first-order valence-corrected chi connectivity index (χ1v) is 12.3. The molecule has 0 bridgehead atoms. The third-order valence-electron chi connectivity index (χ3n) is 8.89. The highest BCUT2D eigenvalue weighted by molar-refractivity contribution is 5.84. The second-order valence-corrected chi connectivity index (χ2v) is 10.3. The standard InChI is InChI=1S/C26H43N3O/c1-7-16-25(5)19(8-2)11-12-20-21-13-14-23(26(21,6)17-15-22(20)25)24(30)18-29(27-9-3)28-10-4/h9-10,15,19-21,23H,7-8,11-14,16-18H2,1-6H3/b27-9-,28-10-.